The van der Waals surface area contributed by atoms with E-state index in [0.29, 0.717) is 25.7 Å². The molecule has 78 valence electrons. The number of aliphatic imine (C=N–C) groups is 2. The average molecular weight is 196 g/mol. The normalized spacial score (nSPS) is 11.3. The van der Waals surface area contributed by atoms with Crippen molar-refractivity contribution in [1.29, 1.82) is 0 Å². The second kappa shape index (κ2) is 8.29. The molecule has 0 atom stereocenters. The second-order valence-corrected chi connectivity index (χ2v) is 2.77. The minimum absolute atomic E-state index is 0.126. The third-order valence-corrected chi connectivity index (χ3v) is 1.58. The van der Waals surface area contributed by atoms with Gasteiger partial charge in [-0.25, -0.2) is 9.98 Å². The average Bonchev–Trinajstić information content (AvgIpc) is 2.13. The van der Waals surface area contributed by atoms with Gasteiger partial charge < -0.3 is 0 Å². The molecule has 0 unspecified atom stereocenters. The molecule has 0 bridgehead atoms. The number of hydrogen-bond donors (Lipinski definition) is 0. The van der Waals surface area contributed by atoms with Gasteiger partial charge in [0.15, 0.2) is 0 Å². The van der Waals surface area contributed by atoms with Crippen molar-refractivity contribution in [1.82, 2.24) is 0 Å². The van der Waals surface area contributed by atoms with Gasteiger partial charge in [0.05, 0.1) is 0 Å². The van der Waals surface area contributed by atoms with Gasteiger partial charge in [-0.15, -0.1) is 0 Å². The first-order chi connectivity index (χ1) is 6.70. The van der Waals surface area contributed by atoms with E-state index in [4.69, 9.17) is 0 Å². The first kappa shape index (κ1) is 12.7. The largest absolute Gasteiger partial charge is 0.273 e. The molecule has 0 radical (unpaired) electrons. The van der Waals surface area contributed by atoms with E-state index in [0.717, 1.165) is 0 Å². The van der Waals surface area contributed by atoms with Crippen molar-refractivity contribution in [2.45, 2.75) is 39.5 Å². The maximum atomic E-state index is 10.9. The summed E-state index contributed by atoms with van der Waals surface area (Å²) in [6, 6.07) is 0. The number of rotatable bonds is 5. The summed E-state index contributed by atoms with van der Waals surface area (Å²) in [5.41, 5.74) is 0. The van der Waals surface area contributed by atoms with Gasteiger partial charge >= 0.3 is 0 Å². The Kier molecular flexibility index (Phi) is 7.50. The van der Waals surface area contributed by atoms with Crippen LogP contribution in [0.25, 0.3) is 0 Å². The van der Waals surface area contributed by atoms with Crippen molar-refractivity contribution >= 4 is 24.2 Å². The molecular weight excluding hydrogens is 180 g/mol. The molecule has 2 amide bonds. The number of hydrogen-bond acceptors (Lipinski definition) is 2. The summed E-state index contributed by atoms with van der Waals surface area (Å²) in [6.07, 6.45) is 5.17. The molecule has 0 N–H and O–H groups in total. The fourth-order valence-corrected chi connectivity index (χ4v) is 0.970. The van der Waals surface area contributed by atoms with Gasteiger partial charge in [0.25, 0.3) is 0 Å². The highest BCUT2D eigenvalue weighted by Gasteiger charge is 2.00. The summed E-state index contributed by atoms with van der Waals surface area (Å²) in [5, 5.41) is 0. The van der Waals surface area contributed by atoms with Crippen molar-refractivity contribution in [3.8, 4) is 0 Å². The second-order valence-electron chi connectivity index (χ2n) is 2.77. The molecule has 0 fully saturated rings. The van der Waals surface area contributed by atoms with Crippen LogP contribution >= 0.6 is 0 Å². The minimum atomic E-state index is -0.126. The molecule has 0 aliphatic rings. The number of nitrogens with zero attached hydrogens (tertiary/aromatic N) is 2. The van der Waals surface area contributed by atoms with Gasteiger partial charge in [-0.1, -0.05) is 0 Å². The summed E-state index contributed by atoms with van der Waals surface area (Å²) in [6.45, 7) is 3.41. The first-order valence-corrected chi connectivity index (χ1v) is 4.73. The third-order valence-electron chi connectivity index (χ3n) is 1.58. The highest BCUT2D eigenvalue weighted by atomic mass is 16.1. The van der Waals surface area contributed by atoms with E-state index in [1.54, 1.807) is 13.8 Å². The summed E-state index contributed by atoms with van der Waals surface area (Å²) in [4.78, 5) is 29.0. The monoisotopic (exact) mass is 196 g/mol. The predicted octanol–water partition coefficient (Wildman–Crippen LogP) is 1.78. The molecule has 4 heteroatoms. The molecule has 0 saturated heterocycles. The molecule has 0 aliphatic carbocycles. The Morgan fingerprint density at radius 3 is 1.57 bits per heavy atom. The molecule has 0 saturated carbocycles. The molecule has 0 aliphatic heterocycles. The molecule has 0 heterocycles. The van der Waals surface area contributed by atoms with Crippen molar-refractivity contribution in [2.24, 2.45) is 9.98 Å². The van der Waals surface area contributed by atoms with Crippen molar-refractivity contribution < 1.29 is 9.59 Å². The van der Waals surface area contributed by atoms with E-state index in [9.17, 15) is 9.59 Å². The van der Waals surface area contributed by atoms with Crippen LogP contribution in [0.3, 0.4) is 0 Å². The zero-order valence-electron chi connectivity index (χ0n) is 8.69. The van der Waals surface area contributed by atoms with Crippen LogP contribution in [-0.2, 0) is 9.59 Å². The minimum Gasteiger partial charge on any atom is -0.273 e. The summed E-state index contributed by atoms with van der Waals surface area (Å²) < 4.78 is 0. The lowest BCUT2D eigenvalue weighted by molar-refractivity contribution is -0.119. The van der Waals surface area contributed by atoms with Crippen molar-refractivity contribution in [3.63, 3.8) is 0 Å². The van der Waals surface area contributed by atoms with Crippen LogP contribution in [0.4, 0.5) is 0 Å². The SMILES string of the molecule is CC=NC(=O)CCCCC(=O)N=CC. The zero-order valence-corrected chi connectivity index (χ0v) is 8.69. The number of amides is 2. The maximum Gasteiger partial charge on any atom is 0.245 e. The predicted molar refractivity (Wildman–Crippen MR) is 56.8 cm³/mol. The zero-order chi connectivity index (χ0) is 10.8. The molecule has 0 aromatic rings. The summed E-state index contributed by atoms with van der Waals surface area (Å²) in [5.74, 6) is -0.252. The lowest BCUT2D eigenvalue weighted by Gasteiger charge is -1.94. The fourth-order valence-electron chi connectivity index (χ4n) is 0.970. The summed E-state index contributed by atoms with van der Waals surface area (Å²) in [7, 11) is 0. The number of unbranched alkanes of at least 4 members (excludes halogenated alkanes) is 1. The van der Waals surface area contributed by atoms with Gasteiger partial charge in [-0.3, -0.25) is 9.59 Å². The van der Waals surface area contributed by atoms with E-state index >= 15 is 0 Å². The highest BCUT2D eigenvalue weighted by Crippen LogP contribution is 2.02. The van der Waals surface area contributed by atoms with Crippen molar-refractivity contribution in [2.75, 3.05) is 0 Å². The Hall–Kier alpha value is -1.32. The molecule has 0 aromatic carbocycles. The molecule has 0 rings (SSSR count). The highest BCUT2D eigenvalue weighted by molar-refractivity contribution is 5.85. The van der Waals surface area contributed by atoms with Crippen LogP contribution in [0.15, 0.2) is 9.98 Å². The molecule has 0 spiro atoms. The smallest absolute Gasteiger partial charge is 0.245 e. The van der Waals surface area contributed by atoms with Gasteiger partial charge in [-0.05, 0) is 26.7 Å². The van der Waals surface area contributed by atoms with Gasteiger partial charge in [-0.2, -0.15) is 0 Å². The quantitative estimate of drug-likeness (QED) is 0.497. The van der Waals surface area contributed by atoms with Crippen LogP contribution in [0.5, 0.6) is 0 Å². The molecule has 0 aromatic heterocycles. The van der Waals surface area contributed by atoms with E-state index in [1.807, 2.05) is 0 Å². The lowest BCUT2D eigenvalue weighted by atomic mass is 10.2. The van der Waals surface area contributed by atoms with E-state index in [2.05, 4.69) is 9.98 Å². The number of carbonyl (C=O) groups is 2. The van der Waals surface area contributed by atoms with Crippen molar-refractivity contribution in [3.05, 3.63) is 0 Å². The molecule has 4 nitrogen and oxygen atoms in total. The van der Waals surface area contributed by atoms with E-state index in [-0.39, 0.29) is 11.8 Å². The van der Waals surface area contributed by atoms with Gasteiger partial charge in [0.1, 0.15) is 0 Å². The molecule has 14 heavy (non-hydrogen) atoms. The number of carbonyl (C=O) groups excluding carboxylic acids is 2. The standard InChI is InChI=1S/C10H16N2O2/c1-3-11-9(13)7-5-6-8-10(14)12-4-2/h3-4H,5-8H2,1-2H3. The third kappa shape index (κ3) is 7.34. The Labute approximate surface area is 84.1 Å². The van der Waals surface area contributed by atoms with Crippen LogP contribution in [0, 0.1) is 0 Å². The fraction of sp³-hybridized carbons (Fsp3) is 0.600. The first-order valence-electron chi connectivity index (χ1n) is 4.73. The Bertz CT molecular complexity index is 219. The Morgan fingerprint density at radius 1 is 0.929 bits per heavy atom. The lowest BCUT2D eigenvalue weighted by Crippen LogP contribution is -1.96. The summed E-state index contributed by atoms with van der Waals surface area (Å²) >= 11 is 0. The Balaban J connectivity index is 3.47. The van der Waals surface area contributed by atoms with E-state index in [1.165, 1.54) is 12.4 Å². The maximum absolute atomic E-state index is 10.9. The van der Waals surface area contributed by atoms with E-state index < -0.39 is 0 Å². The van der Waals surface area contributed by atoms with Crippen LogP contribution < -0.4 is 0 Å². The van der Waals surface area contributed by atoms with Gasteiger partial charge in [0, 0.05) is 25.3 Å². The van der Waals surface area contributed by atoms with Crippen LogP contribution in [-0.4, -0.2) is 24.2 Å². The molecular formula is C10H16N2O2. The van der Waals surface area contributed by atoms with Gasteiger partial charge in [0.2, 0.25) is 11.8 Å². The Morgan fingerprint density at radius 2 is 1.29 bits per heavy atom. The van der Waals surface area contributed by atoms with Crippen LogP contribution in [0.1, 0.15) is 39.5 Å². The topological polar surface area (TPSA) is 58.9 Å². The van der Waals surface area contributed by atoms with Crippen LogP contribution in [0.2, 0.25) is 0 Å².